The quantitative estimate of drug-likeness (QED) is 0.237. The SMILES string of the molecule is CC1C=Cc2c(c(-c3ccccc3)c3ccccc3c2-c2ccc3oc4cc5ccccc5cc4c3c2)C1. The highest BCUT2D eigenvalue weighted by Crippen LogP contribution is 2.46. The fourth-order valence-electron chi connectivity index (χ4n) is 6.42. The normalized spacial score (nSPS) is 15.0. The van der Waals surface area contributed by atoms with E-state index in [0.29, 0.717) is 5.92 Å². The van der Waals surface area contributed by atoms with Gasteiger partial charge in [-0.2, -0.15) is 0 Å². The lowest BCUT2D eigenvalue weighted by Crippen LogP contribution is -2.08. The Balaban J connectivity index is 1.46. The summed E-state index contributed by atoms with van der Waals surface area (Å²) in [6.45, 7) is 2.32. The predicted octanol–water partition coefficient (Wildman–Crippen LogP) is 10.4. The smallest absolute Gasteiger partial charge is 0.136 e. The van der Waals surface area contributed by atoms with Gasteiger partial charge in [0.2, 0.25) is 0 Å². The Morgan fingerprint density at radius 3 is 2.08 bits per heavy atom. The summed E-state index contributed by atoms with van der Waals surface area (Å²) < 4.78 is 6.33. The van der Waals surface area contributed by atoms with E-state index in [4.69, 9.17) is 4.42 Å². The molecule has 0 saturated heterocycles. The van der Waals surface area contributed by atoms with Gasteiger partial charge in [-0.25, -0.2) is 0 Å². The average molecular weight is 487 g/mol. The third-order valence-electron chi connectivity index (χ3n) is 8.17. The Kier molecular flexibility index (Phi) is 4.63. The first kappa shape index (κ1) is 21.5. The van der Waals surface area contributed by atoms with Crippen LogP contribution in [-0.2, 0) is 6.42 Å². The molecule has 1 aliphatic carbocycles. The summed E-state index contributed by atoms with van der Waals surface area (Å²) in [5.41, 5.74) is 9.88. The topological polar surface area (TPSA) is 13.1 Å². The molecule has 0 spiro atoms. The standard InChI is InChI=1S/C37H26O/c1-23-15-17-30-33(19-23)36(24-9-3-2-4-10-24)28-13-7-8-14-29(28)37(30)27-16-18-34-31(21-27)32-20-25-11-5-6-12-26(25)22-35(32)38-34/h2-18,20-23H,19H2,1H3. The first-order valence-electron chi connectivity index (χ1n) is 13.4. The van der Waals surface area contributed by atoms with Crippen LogP contribution in [0.3, 0.4) is 0 Å². The lowest BCUT2D eigenvalue weighted by atomic mass is 9.78. The van der Waals surface area contributed by atoms with Gasteiger partial charge in [0.1, 0.15) is 11.2 Å². The molecule has 0 aliphatic heterocycles. The van der Waals surface area contributed by atoms with Crippen molar-refractivity contribution in [1.29, 1.82) is 0 Å². The van der Waals surface area contributed by atoms with Gasteiger partial charge in [-0.3, -0.25) is 0 Å². The number of fused-ring (bicyclic) bond motifs is 6. The van der Waals surface area contributed by atoms with Crippen molar-refractivity contribution in [2.24, 2.45) is 5.92 Å². The van der Waals surface area contributed by atoms with Crippen LogP contribution >= 0.6 is 0 Å². The van der Waals surface area contributed by atoms with Gasteiger partial charge in [-0.1, -0.05) is 104 Å². The molecular formula is C37H26O. The van der Waals surface area contributed by atoms with E-state index in [1.54, 1.807) is 0 Å². The highest BCUT2D eigenvalue weighted by molar-refractivity contribution is 6.14. The van der Waals surface area contributed by atoms with Crippen molar-refractivity contribution in [3.8, 4) is 22.3 Å². The van der Waals surface area contributed by atoms with Gasteiger partial charge in [0.05, 0.1) is 0 Å². The molecule has 1 nitrogen and oxygen atoms in total. The number of hydrogen-bond acceptors (Lipinski definition) is 1. The summed E-state index contributed by atoms with van der Waals surface area (Å²) >= 11 is 0. The molecule has 0 bridgehead atoms. The average Bonchev–Trinajstić information content (AvgIpc) is 3.31. The van der Waals surface area contributed by atoms with E-state index in [1.165, 1.54) is 65.7 Å². The molecule has 0 saturated carbocycles. The van der Waals surface area contributed by atoms with E-state index in [2.05, 4.69) is 128 Å². The van der Waals surface area contributed by atoms with Gasteiger partial charge in [0.25, 0.3) is 0 Å². The largest absolute Gasteiger partial charge is 0.456 e. The Labute approximate surface area is 221 Å². The van der Waals surface area contributed by atoms with Gasteiger partial charge in [-0.05, 0) is 91.5 Å². The maximum atomic E-state index is 6.33. The van der Waals surface area contributed by atoms with Crippen molar-refractivity contribution in [1.82, 2.24) is 0 Å². The number of allylic oxidation sites excluding steroid dienone is 1. The molecule has 0 fully saturated rings. The molecule has 180 valence electrons. The van der Waals surface area contributed by atoms with Crippen molar-refractivity contribution < 1.29 is 4.42 Å². The first-order chi connectivity index (χ1) is 18.7. The molecule has 0 N–H and O–H groups in total. The zero-order valence-electron chi connectivity index (χ0n) is 21.2. The van der Waals surface area contributed by atoms with Crippen molar-refractivity contribution >= 4 is 49.6 Å². The Morgan fingerprint density at radius 2 is 1.26 bits per heavy atom. The summed E-state index contributed by atoms with van der Waals surface area (Å²) in [5, 5.41) is 7.39. The molecule has 1 atom stereocenters. The van der Waals surface area contributed by atoms with Crippen molar-refractivity contribution in [3.05, 3.63) is 126 Å². The maximum Gasteiger partial charge on any atom is 0.136 e. The first-order valence-corrected chi connectivity index (χ1v) is 13.4. The predicted molar refractivity (Wildman–Crippen MR) is 162 cm³/mol. The van der Waals surface area contributed by atoms with Crippen LogP contribution in [0.1, 0.15) is 18.1 Å². The Morgan fingerprint density at radius 1 is 0.579 bits per heavy atom. The second-order valence-electron chi connectivity index (χ2n) is 10.6. The molecule has 38 heavy (non-hydrogen) atoms. The molecule has 0 amide bonds. The van der Waals surface area contributed by atoms with Gasteiger partial charge < -0.3 is 4.42 Å². The Bertz CT molecular complexity index is 2060. The maximum absolute atomic E-state index is 6.33. The number of rotatable bonds is 2. The second-order valence-corrected chi connectivity index (χ2v) is 10.6. The van der Waals surface area contributed by atoms with Gasteiger partial charge >= 0.3 is 0 Å². The van der Waals surface area contributed by atoms with E-state index in [0.717, 1.165) is 17.6 Å². The van der Waals surface area contributed by atoms with Gasteiger partial charge in [-0.15, -0.1) is 0 Å². The fraction of sp³-hybridized carbons (Fsp3) is 0.0811. The molecule has 8 rings (SSSR count). The minimum absolute atomic E-state index is 0.507. The van der Waals surface area contributed by atoms with Crippen LogP contribution in [0.25, 0.3) is 71.8 Å². The summed E-state index contributed by atoms with van der Waals surface area (Å²) in [6.07, 6.45) is 5.77. The van der Waals surface area contributed by atoms with E-state index in [1.807, 2.05) is 0 Å². The van der Waals surface area contributed by atoms with Crippen LogP contribution in [0, 0.1) is 5.92 Å². The molecule has 1 unspecified atom stereocenters. The van der Waals surface area contributed by atoms with E-state index < -0.39 is 0 Å². The van der Waals surface area contributed by atoms with E-state index in [9.17, 15) is 0 Å². The van der Waals surface area contributed by atoms with E-state index in [-0.39, 0.29) is 0 Å². The minimum atomic E-state index is 0.507. The molecule has 0 radical (unpaired) electrons. The molecule has 7 aromatic rings. The number of benzene rings is 6. The summed E-state index contributed by atoms with van der Waals surface area (Å²) in [5.74, 6) is 0.507. The molecule has 1 heterocycles. The van der Waals surface area contributed by atoms with Crippen LogP contribution in [0.15, 0.2) is 120 Å². The van der Waals surface area contributed by atoms with Gasteiger partial charge in [0, 0.05) is 10.8 Å². The zero-order valence-corrected chi connectivity index (χ0v) is 21.2. The van der Waals surface area contributed by atoms with Crippen LogP contribution in [0.4, 0.5) is 0 Å². The Hall–Kier alpha value is -4.62. The molecule has 1 aliphatic rings. The molecule has 1 aromatic heterocycles. The minimum Gasteiger partial charge on any atom is -0.456 e. The highest BCUT2D eigenvalue weighted by atomic mass is 16.3. The van der Waals surface area contributed by atoms with Crippen molar-refractivity contribution in [3.63, 3.8) is 0 Å². The van der Waals surface area contributed by atoms with Crippen LogP contribution in [0.5, 0.6) is 0 Å². The molecular weight excluding hydrogens is 460 g/mol. The summed E-state index contributed by atoms with van der Waals surface area (Å²) in [7, 11) is 0. The lowest BCUT2D eigenvalue weighted by molar-refractivity contribution is 0.669. The monoisotopic (exact) mass is 486 g/mol. The summed E-state index contributed by atoms with van der Waals surface area (Å²) in [4.78, 5) is 0. The third-order valence-corrected chi connectivity index (χ3v) is 8.17. The zero-order chi connectivity index (χ0) is 25.2. The molecule has 1 heteroatoms. The number of hydrogen-bond donors (Lipinski definition) is 0. The van der Waals surface area contributed by atoms with Crippen LogP contribution in [0.2, 0.25) is 0 Å². The molecule has 6 aromatic carbocycles. The highest BCUT2D eigenvalue weighted by Gasteiger charge is 2.23. The van der Waals surface area contributed by atoms with Crippen LogP contribution < -0.4 is 0 Å². The van der Waals surface area contributed by atoms with Crippen molar-refractivity contribution in [2.75, 3.05) is 0 Å². The lowest BCUT2D eigenvalue weighted by Gasteiger charge is -2.26. The van der Waals surface area contributed by atoms with E-state index >= 15 is 0 Å². The summed E-state index contributed by atoms with van der Waals surface area (Å²) in [6, 6.07) is 39.5. The van der Waals surface area contributed by atoms with Gasteiger partial charge in [0.15, 0.2) is 0 Å². The fourth-order valence-corrected chi connectivity index (χ4v) is 6.42. The third kappa shape index (κ3) is 3.18. The number of furan rings is 1. The van der Waals surface area contributed by atoms with Crippen LogP contribution in [-0.4, -0.2) is 0 Å². The second kappa shape index (κ2) is 8.19. The van der Waals surface area contributed by atoms with Crippen molar-refractivity contribution in [2.45, 2.75) is 13.3 Å².